The number of carbonyl (C=O) groups is 2. The van der Waals surface area contributed by atoms with Gasteiger partial charge in [0.2, 0.25) is 5.91 Å². The van der Waals surface area contributed by atoms with Crippen molar-refractivity contribution < 1.29 is 14.3 Å². The summed E-state index contributed by atoms with van der Waals surface area (Å²) in [6, 6.07) is 3.15. The van der Waals surface area contributed by atoms with E-state index in [1.165, 1.54) is 7.11 Å². The third-order valence-corrected chi connectivity index (χ3v) is 2.47. The van der Waals surface area contributed by atoms with Gasteiger partial charge in [-0.3, -0.25) is 4.79 Å². The molecule has 112 valence electrons. The molecule has 1 rings (SSSR count). The van der Waals surface area contributed by atoms with Crippen molar-refractivity contribution in [3.8, 4) is 11.8 Å². The number of pyridine rings is 1. The maximum Gasteiger partial charge on any atom is 0.358 e. The average molecular weight is 290 g/mol. The molecule has 0 aliphatic heterocycles. The second-order valence-electron chi connectivity index (χ2n) is 4.03. The molecule has 1 aromatic heterocycles. The third-order valence-electron chi connectivity index (χ3n) is 2.47. The fraction of sp³-hybridized carbons (Fsp3) is 0.357. The summed E-state index contributed by atoms with van der Waals surface area (Å²) in [7, 11) is 1.25. The second-order valence-corrected chi connectivity index (χ2v) is 4.03. The lowest BCUT2D eigenvalue weighted by Crippen LogP contribution is -2.16. The Balaban J connectivity index is 2.98. The van der Waals surface area contributed by atoms with Crippen molar-refractivity contribution in [2.24, 2.45) is 11.5 Å². The number of methoxy groups -OCH3 is 1. The Labute approximate surface area is 123 Å². The molecule has 0 saturated heterocycles. The van der Waals surface area contributed by atoms with Gasteiger partial charge in [0.25, 0.3) is 0 Å². The van der Waals surface area contributed by atoms with E-state index in [2.05, 4.69) is 26.9 Å². The lowest BCUT2D eigenvalue weighted by molar-refractivity contribution is -0.116. The Morgan fingerprint density at radius 3 is 2.76 bits per heavy atom. The Morgan fingerprint density at radius 2 is 2.14 bits per heavy atom. The molecule has 0 radical (unpaired) electrons. The molecule has 0 bridgehead atoms. The van der Waals surface area contributed by atoms with Gasteiger partial charge in [-0.1, -0.05) is 11.8 Å². The zero-order valence-corrected chi connectivity index (χ0v) is 11.8. The fourth-order valence-electron chi connectivity index (χ4n) is 1.50. The number of hydrogen-bond donors (Lipinski definition) is 3. The smallest absolute Gasteiger partial charge is 0.358 e. The number of nitrogens with zero attached hydrogens (tertiary/aromatic N) is 1. The van der Waals surface area contributed by atoms with Gasteiger partial charge in [0.1, 0.15) is 5.82 Å². The van der Waals surface area contributed by atoms with E-state index in [-0.39, 0.29) is 24.0 Å². The predicted octanol–water partition coefficient (Wildman–Crippen LogP) is -0.144. The van der Waals surface area contributed by atoms with E-state index < -0.39 is 5.97 Å². The highest BCUT2D eigenvalue weighted by Crippen LogP contribution is 2.12. The molecular formula is C14H18N4O3. The van der Waals surface area contributed by atoms with Crippen LogP contribution in [0.2, 0.25) is 0 Å². The molecule has 0 atom stereocenters. The zero-order valence-electron chi connectivity index (χ0n) is 11.8. The van der Waals surface area contributed by atoms with Gasteiger partial charge in [-0.2, -0.15) is 0 Å². The van der Waals surface area contributed by atoms with Crippen molar-refractivity contribution in [3.05, 3.63) is 23.4 Å². The molecule has 1 aromatic rings. The van der Waals surface area contributed by atoms with E-state index in [0.717, 1.165) is 0 Å². The van der Waals surface area contributed by atoms with Crippen molar-refractivity contribution in [2.75, 3.05) is 25.5 Å². The molecule has 21 heavy (non-hydrogen) atoms. The minimum atomic E-state index is -0.630. The summed E-state index contributed by atoms with van der Waals surface area (Å²) < 4.78 is 4.65. The molecule has 5 N–H and O–H groups in total. The van der Waals surface area contributed by atoms with Gasteiger partial charge in [-0.15, -0.1) is 0 Å². The molecule has 7 heteroatoms. The summed E-state index contributed by atoms with van der Waals surface area (Å²) in [6.07, 6.45) is 0.871. The Bertz CT molecular complexity index is 575. The number of rotatable bonds is 5. The molecule has 7 nitrogen and oxygen atoms in total. The van der Waals surface area contributed by atoms with E-state index in [9.17, 15) is 9.59 Å². The molecule has 1 heterocycles. The van der Waals surface area contributed by atoms with Gasteiger partial charge in [-0.05, 0) is 25.1 Å². The highest BCUT2D eigenvalue weighted by atomic mass is 16.5. The lowest BCUT2D eigenvalue weighted by atomic mass is 10.2. The third kappa shape index (κ3) is 5.22. The molecule has 1 amide bonds. The summed E-state index contributed by atoms with van der Waals surface area (Å²) in [5.74, 6) is 4.79. The quantitative estimate of drug-likeness (QED) is 0.512. The van der Waals surface area contributed by atoms with Crippen molar-refractivity contribution in [3.63, 3.8) is 0 Å². The highest BCUT2D eigenvalue weighted by molar-refractivity contribution is 5.93. The first kappa shape index (κ1) is 16.6. The number of ether oxygens (including phenoxy) is 1. The van der Waals surface area contributed by atoms with Crippen LogP contribution in [0, 0.1) is 11.8 Å². The van der Waals surface area contributed by atoms with Gasteiger partial charge in [-0.25, -0.2) is 9.78 Å². The SMILES string of the molecule is COC(=O)c1nc(NC(=O)CCCN)ccc1C#CCN. The van der Waals surface area contributed by atoms with Crippen molar-refractivity contribution in [2.45, 2.75) is 12.8 Å². The molecule has 0 spiro atoms. The number of amides is 1. The predicted molar refractivity (Wildman–Crippen MR) is 78.4 cm³/mol. The summed E-state index contributed by atoms with van der Waals surface area (Å²) in [5, 5.41) is 2.59. The Morgan fingerprint density at radius 1 is 1.38 bits per heavy atom. The number of nitrogens with one attached hydrogen (secondary N) is 1. The lowest BCUT2D eigenvalue weighted by Gasteiger charge is -2.07. The molecule has 0 aliphatic rings. The molecule has 0 saturated carbocycles. The maximum absolute atomic E-state index is 11.7. The van der Waals surface area contributed by atoms with Crippen LogP contribution in [0.3, 0.4) is 0 Å². The van der Waals surface area contributed by atoms with Crippen LogP contribution >= 0.6 is 0 Å². The largest absolute Gasteiger partial charge is 0.464 e. The molecule has 0 unspecified atom stereocenters. The second kappa shape index (κ2) is 8.68. The van der Waals surface area contributed by atoms with E-state index in [0.29, 0.717) is 24.9 Å². The first-order chi connectivity index (χ1) is 10.1. The summed E-state index contributed by atoms with van der Waals surface area (Å²) >= 11 is 0. The highest BCUT2D eigenvalue weighted by Gasteiger charge is 2.14. The van der Waals surface area contributed by atoms with Gasteiger partial charge in [0.05, 0.1) is 19.2 Å². The summed E-state index contributed by atoms with van der Waals surface area (Å²) in [5.41, 5.74) is 11.1. The summed E-state index contributed by atoms with van der Waals surface area (Å²) in [4.78, 5) is 27.4. The van der Waals surface area contributed by atoms with Crippen LogP contribution in [-0.4, -0.2) is 37.1 Å². The first-order valence-corrected chi connectivity index (χ1v) is 6.40. The molecule has 0 fully saturated rings. The van der Waals surface area contributed by atoms with Crippen LogP contribution in [0.4, 0.5) is 5.82 Å². The van der Waals surface area contributed by atoms with Crippen LogP contribution < -0.4 is 16.8 Å². The van der Waals surface area contributed by atoms with Gasteiger partial charge >= 0.3 is 5.97 Å². The Kier molecular flexibility index (Phi) is 6.87. The topological polar surface area (TPSA) is 120 Å². The molecular weight excluding hydrogens is 272 g/mol. The van der Waals surface area contributed by atoms with Gasteiger partial charge in [0, 0.05) is 6.42 Å². The average Bonchev–Trinajstić information content (AvgIpc) is 2.50. The number of anilines is 1. The molecule has 0 aliphatic carbocycles. The molecule has 0 aromatic carbocycles. The van der Waals surface area contributed by atoms with Crippen LogP contribution in [0.15, 0.2) is 12.1 Å². The van der Waals surface area contributed by atoms with E-state index in [1.54, 1.807) is 12.1 Å². The minimum Gasteiger partial charge on any atom is -0.464 e. The summed E-state index contributed by atoms with van der Waals surface area (Å²) in [6.45, 7) is 0.597. The van der Waals surface area contributed by atoms with Crippen LogP contribution in [0.1, 0.15) is 28.9 Å². The van der Waals surface area contributed by atoms with Crippen LogP contribution in [-0.2, 0) is 9.53 Å². The number of carbonyl (C=O) groups excluding carboxylic acids is 2. The normalized spacial score (nSPS) is 9.48. The van der Waals surface area contributed by atoms with E-state index in [4.69, 9.17) is 11.5 Å². The monoisotopic (exact) mass is 290 g/mol. The van der Waals surface area contributed by atoms with Crippen molar-refractivity contribution in [1.82, 2.24) is 4.98 Å². The van der Waals surface area contributed by atoms with Crippen molar-refractivity contribution >= 4 is 17.7 Å². The van der Waals surface area contributed by atoms with Gasteiger partial charge in [0.15, 0.2) is 5.69 Å². The first-order valence-electron chi connectivity index (χ1n) is 6.40. The van der Waals surface area contributed by atoms with Crippen LogP contribution in [0.5, 0.6) is 0 Å². The number of nitrogens with two attached hydrogens (primary N) is 2. The number of aromatic nitrogens is 1. The maximum atomic E-state index is 11.7. The Hall–Kier alpha value is -2.43. The van der Waals surface area contributed by atoms with E-state index in [1.807, 2.05) is 0 Å². The minimum absolute atomic E-state index is 0.0371. The van der Waals surface area contributed by atoms with E-state index >= 15 is 0 Å². The van der Waals surface area contributed by atoms with Gasteiger partial charge < -0.3 is 21.5 Å². The zero-order chi connectivity index (χ0) is 15.7. The van der Waals surface area contributed by atoms with Crippen molar-refractivity contribution in [1.29, 1.82) is 0 Å². The number of esters is 1. The standard InChI is InChI=1S/C14H18N4O3/c1-21-14(20)13-10(4-2-8-15)6-7-11(18-13)17-12(19)5-3-9-16/h6-7H,3,5,8-9,15-16H2,1H3,(H,17,18,19). The number of hydrogen-bond acceptors (Lipinski definition) is 6. The van der Waals surface area contributed by atoms with Crippen LogP contribution in [0.25, 0.3) is 0 Å². The fourth-order valence-corrected chi connectivity index (χ4v) is 1.50.